The van der Waals surface area contributed by atoms with Crippen LogP contribution in [0.15, 0.2) is 24.3 Å². The van der Waals surface area contributed by atoms with Crippen molar-refractivity contribution in [2.24, 2.45) is 0 Å². The smallest absolute Gasteiger partial charge is 0.0101 e. The van der Waals surface area contributed by atoms with Crippen LogP contribution in [0.2, 0.25) is 0 Å². The number of rotatable bonds is 5. The first kappa shape index (κ1) is 12.6. The van der Waals surface area contributed by atoms with E-state index >= 15 is 0 Å². The molecule has 2 rings (SSSR count). The monoisotopic (exact) mass is 232 g/mol. The summed E-state index contributed by atoms with van der Waals surface area (Å²) in [5.74, 6) is 0.724. The second-order valence-electron chi connectivity index (χ2n) is 5.30. The molecule has 2 nitrogen and oxygen atoms in total. The Morgan fingerprint density at radius 3 is 2.94 bits per heavy atom. The van der Waals surface area contributed by atoms with Crippen LogP contribution in [0.5, 0.6) is 0 Å². The Morgan fingerprint density at radius 2 is 2.12 bits per heavy atom. The van der Waals surface area contributed by atoms with Crippen molar-refractivity contribution < 1.29 is 0 Å². The molecule has 0 saturated heterocycles. The van der Waals surface area contributed by atoms with Gasteiger partial charge in [-0.2, -0.15) is 0 Å². The van der Waals surface area contributed by atoms with Gasteiger partial charge in [-0.25, -0.2) is 0 Å². The predicted molar refractivity (Wildman–Crippen MR) is 73.5 cm³/mol. The average molecular weight is 232 g/mol. The van der Waals surface area contributed by atoms with Crippen LogP contribution in [0, 0.1) is 0 Å². The Bertz CT molecular complexity index is 347. The fraction of sp³-hybridized carbons (Fsp3) is 0.600. The van der Waals surface area contributed by atoms with Gasteiger partial charge in [0, 0.05) is 19.6 Å². The molecule has 0 radical (unpaired) electrons. The Labute approximate surface area is 105 Å². The van der Waals surface area contributed by atoms with Crippen molar-refractivity contribution in [3.8, 4) is 0 Å². The van der Waals surface area contributed by atoms with E-state index in [1.807, 2.05) is 0 Å². The number of hydrogen-bond acceptors (Lipinski definition) is 2. The first-order valence-electron chi connectivity index (χ1n) is 6.70. The zero-order valence-corrected chi connectivity index (χ0v) is 11.1. The van der Waals surface area contributed by atoms with Crippen LogP contribution in [-0.4, -0.2) is 38.6 Å². The molecule has 1 aliphatic rings. The van der Waals surface area contributed by atoms with E-state index in [1.54, 1.807) is 11.1 Å². The van der Waals surface area contributed by atoms with Crippen molar-refractivity contribution in [2.75, 3.05) is 33.7 Å². The van der Waals surface area contributed by atoms with Crippen LogP contribution in [-0.2, 0) is 6.42 Å². The fourth-order valence-electron chi connectivity index (χ4n) is 2.65. The van der Waals surface area contributed by atoms with E-state index in [0.717, 1.165) is 25.6 Å². The van der Waals surface area contributed by atoms with Crippen molar-refractivity contribution >= 4 is 0 Å². The number of benzene rings is 1. The topological polar surface area (TPSA) is 15.3 Å². The van der Waals surface area contributed by atoms with Gasteiger partial charge in [0.05, 0.1) is 0 Å². The van der Waals surface area contributed by atoms with Gasteiger partial charge in [0.1, 0.15) is 0 Å². The summed E-state index contributed by atoms with van der Waals surface area (Å²) in [6.07, 6.45) is 3.95. The molecule has 1 unspecified atom stereocenters. The minimum atomic E-state index is 0.724. The first-order valence-corrected chi connectivity index (χ1v) is 6.70. The van der Waals surface area contributed by atoms with Gasteiger partial charge in [-0.05, 0) is 50.4 Å². The normalized spacial score (nSPS) is 19.4. The molecule has 1 aromatic carbocycles. The molecule has 0 fully saturated rings. The van der Waals surface area contributed by atoms with Gasteiger partial charge >= 0.3 is 0 Å². The van der Waals surface area contributed by atoms with E-state index in [0.29, 0.717) is 0 Å². The van der Waals surface area contributed by atoms with Gasteiger partial charge < -0.3 is 10.2 Å². The zero-order chi connectivity index (χ0) is 12.1. The minimum absolute atomic E-state index is 0.724. The average Bonchev–Trinajstić information content (AvgIpc) is 2.34. The molecule has 1 atom stereocenters. The van der Waals surface area contributed by atoms with Gasteiger partial charge in [0.15, 0.2) is 0 Å². The third-order valence-electron chi connectivity index (χ3n) is 3.62. The first-order chi connectivity index (χ1) is 8.27. The maximum atomic E-state index is 3.59. The summed E-state index contributed by atoms with van der Waals surface area (Å²) in [6, 6.07) is 8.95. The largest absolute Gasteiger partial charge is 0.315 e. The number of likely N-dealkylation sites (N-methyl/N-ethyl adjacent to an activating group) is 1. The highest BCUT2D eigenvalue weighted by molar-refractivity contribution is 5.32. The van der Waals surface area contributed by atoms with Crippen molar-refractivity contribution in [3.63, 3.8) is 0 Å². The second-order valence-corrected chi connectivity index (χ2v) is 5.30. The molecule has 17 heavy (non-hydrogen) atoms. The van der Waals surface area contributed by atoms with Crippen LogP contribution in [0.1, 0.15) is 29.9 Å². The van der Waals surface area contributed by atoms with E-state index in [2.05, 4.69) is 48.6 Å². The molecule has 1 aliphatic carbocycles. The molecule has 0 bridgehead atoms. The molecular formula is C15H24N2. The molecule has 1 N–H and O–H groups in total. The Balaban J connectivity index is 1.86. The Hall–Kier alpha value is -0.860. The standard InChI is InChI=1S/C15H24N2/c1-17(2)11-10-16-12-14-8-5-7-13-6-3-4-9-15(13)14/h3-4,6,9,14,16H,5,7-8,10-12H2,1-2H3. The van der Waals surface area contributed by atoms with Gasteiger partial charge in [0.2, 0.25) is 0 Å². The molecule has 0 aromatic heterocycles. The summed E-state index contributed by atoms with van der Waals surface area (Å²) in [5, 5.41) is 3.59. The van der Waals surface area contributed by atoms with Crippen molar-refractivity contribution in [1.82, 2.24) is 10.2 Å². The number of nitrogens with zero attached hydrogens (tertiary/aromatic N) is 1. The van der Waals surface area contributed by atoms with Crippen LogP contribution in [0.4, 0.5) is 0 Å². The lowest BCUT2D eigenvalue weighted by molar-refractivity contribution is 0.392. The van der Waals surface area contributed by atoms with Crippen molar-refractivity contribution in [3.05, 3.63) is 35.4 Å². The molecule has 94 valence electrons. The van der Waals surface area contributed by atoms with Crippen molar-refractivity contribution in [2.45, 2.75) is 25.2 Å². The van der Waals surface area contributed by atoms with E-state index < -0.39 is 0 Å². The summed E-state index contributed by atoms with van der Waals surface area (Å²) in [6.45, 7) is 3.34. The third-order valence-corrected chi connectivity index (χ3v) is 3.62. The summed E-state index contributed by atoms with van der Waals surface area (Å²) in [7, 11) is 4.25. The van der Waals surface area contributed by atoms with E-state index in [9.17, 15) is 0 Å². The number of fused-ring (bicyclic) bond motifs is 1. The van der Waals surface area contributed by atoms with Gasteiger partial charge in [-0.15, -0.1) is 0 Å². The zero-order valence-electron chi connectivity index (χ0n) is 11.1. The Kier molecular flexibility index (Phi) is 4.57. The highest BCUT2D eigenvalue weighted by Crippen LogP contribution is 2.30. The highest BCUT2D eigenvalue weighted by atomic mass is 15.1. The number of hydrogen-bond donors (Lipinski definition) is 1. The Morgan fingerprint density at radius 1 is 1.29 bits per heavy atom. The minimum Gasteiger partial charge on any atom is -0.315 e. The van der Waals surface area contributed by atoms with Crippen LogP contribution < -0.4 is 5.32 Å². The molecule has 0 saturated carbocycles. The van der Waals surface area contributed by atoms with Crippen LogP contribution >= 0.6 is 0 Å². The molecule has 0 spiro atoms. The van der Waals surface area contributed by atoms with Gasteiger partial charge in [-0.1, -0.05) is 24.3 Å². The number of aryl methyl sites for hydroxylation is 1. The van der Waals surface area contributed by atoms with Crippen molar-refractivity contribution in [1.29, 1.82) is 0 Å². The molecule has 1 aromatic rings. The van der Waals surface area contributed by atoms with Crippen LogP contribution in [0.25, 0.3) is 0 Å². The van der Waals surface area contributed by atoms with Crippen LogP contribution in [0.3, 0.4) is 0 Å². The predicted octanol–water partition coefficient (Wildman–Crippen LogP) is 2.26. The van der Waals surface area contributed by atoms with E-state index in [1.165, 1.54) is 19.3 Å². The lowest BCUT2D eigenvalue weighted by Gasteiger charge is -2.26. The molecule has 0 amide bonds. The van der Waals surface area contributed by atoms with E-state index in [-0.39, 0.29) is 0 Å². The summed E-state index contributed by atoms with van der Waals surface area (Å²) in [5.41, 5.74) is 3.15. The SMILES string of the molecule is CN(C)CCNCC1CCCc2ccccc21. The van der Waals surface area contributed by atoms with Gasteiger partial charge in [0.25, 0.3) is 0 Å². The summed E-state index contributed by atoms with van der Waals surface area (Å²) < 4.78 is 0. The molecule has 0 heterocycles. The lowest BCUT2D eigenvalue weighted by Crippen LogP contribution is -2.30. The maximum absolute atomic E-state index is 3.59. The van der Waals surface area contributed by atoms with E-state index in [4.69, 9.17) is 0 Å². The lowest BCUT2D eigenvalue weighted by atomic mass is 9.83. The quantitative estimate of drug-likeness (QED) is 0.783. The fourth-order valence-corrected chi connectivity index (χ4v) is 2.65. The number of nitrogens with one attached hydrogen (secondary N) is 1. The third kappa shape index (κ3) is 3.55. The van der Waals surface area contributed by atoms with Gasteiger partial charge in [-0.3, -0.25) is 0 Å². The maximum Gasteiger partial charge on any atom is 0.0101 e. The molecular weight excluding hydrogens is 208 g/mol. The molecule has 2 heteroatoms. The highest BCUT2D eigenvalue weighted by Gasteiger charge is 2.18. The molecule has 0 aliphatic heterocycles. The second kappa shape index (κ2) is 6.18. The summed E-state index contributed by atoms with van der Waals surface area (Å²) in [4.78, 5) is 2.22. The summed E-state index contributed by atoms with van der Waals surface area (Å²) >= 11 is 0.